The second-order valence-corrected chi connectivity index (χ2v) is 6.23. The van der Waals surface area contributed by atoms with Crippen LogP contribution < -0.4 is 10.0 Å². The van der Waals surface area contributed by atoms with Crippen molar-refractivity contribution in [2.75, 3.05) is 11.3 Å². The average Bonchev–Trinajstić information content (AvgIpc) is 2.92. The summed E-state index contributed by atoms with van der Waals surface area (Å²) < 4.78 is 29.3. The Labute approximate surface area is 125 Å². The first-order valence-electron chi connectivity index (χ1n) is 6.90. The Morgan fingerprint density at radius 3 is 2.67 bits per heavy atom. The molecule has 114 valence electrons. The summed E-state index contributed by atoms with van der Waals surface area (Å²) in [6.45, 7) is 5.91. The van der Waals surface area contributed by atoms with E-state index in [1.807, 2.05) is 26.0 Å². The first-order valence-corrected chi connectivity index (χ1v) is 8.39. The molecular weight excluding hydrogens is 288 g/mol. The van der Waals surface area contributed by atoms with Crippen molar-refractivity contribution in [1.29, 1.82) is 0 Å². The van der Waals surface area contributed by atoms with E-state index >= 15 is 0 Å². The number of anilines is 1. The Hall–Kier alpha value is -1.86. The maximum absolute atomic E-state index is 12.5. The Bertz CT molecular complexity index is 695. The fraction of sp³-hybridized carbons (Fsp3) is 0.357. The standard InChI is InChI=1S/C14H20N4O2S/c1-3-15-9-12-7-5-6-8-14(12)21(19,20)17-13-10-16-18(4-2)11-13/h5-8,10-11,15,17H,3-4,9H2,1-2H3. The first-order chi connectivity index (χ1) is 10.1. The summed E-state index contributed by atoms with van der Waals surface area (Å²) in [6, 6.07) is 6.98. The van der Waals surface area contributed by atoms with E-state index in [0.29, 0.717) is 18.8 Å². The quantitative estimate of drug-likeness (QED) is 0.818. The van der Waals surface area contributed by atoms with Crippen molar-refractivity contribution in [3.8, 4) is 0 Å². The zero-order valence-electron chi connectivity index (χ0n) is 12.2. The lowest BCUT2D eigenvalue weighted by Crippen LogP contribution is -2.18. The van der Waals surface area contributed by atoms with Crippen LogP contribution >= 0.6 is 0 Å². The molecule has 0 aliphatic heterocycles. The van der Waals surface area contributed by atoms with Gasteiger partial charge in [0.05, 0.1) is 16.8 Å². The molecule has 0 amide bonds. The van der Waals surface area contributed by atoms with E-state index in [-0.39, 0.29) is 4.90 Å². The van der Waals surface area contributed by atoms with Crippen molar-refractivity contribution in [3.63, 3.8) is 0 Å². The third kappa shape index (κ3) is 3.83. The molecule has 0 fully saturated rings. The topological polar surface area (TPSA) is 76.0 Å². The molecule has 0 saturated heterocycles. The Morgan fingerprint density at radius 1 is 1.24 bits per heavy atom. The highest BCUT2D eigenvalue weighted by Crippen LogP contribution is 2.19. The highest BCUT2D eigenvalue weighted by atomic mass is 32.2. The molecule has 2 N–H and O–H groups in total. The Morgan fingerprint density at radius 2 is 2.00 bits per heavy atom. The lowest BCUT2D eigenvalue weighted by molar-refractivity contribution is 0.598. The van der Waals surface area contributed by atoms with Crippen molar-refractivity contribution >= 4 is 15.7 Å². The molecule has 0 aliphatic carbocycles. The Balaban J connectivity index is 2.26. The second kappa shape index (κ2) is 6.73. The number of nitrogens with zero attached hydrogens (tertiary/aromatic N) is 2. The largest absolute Gasteiger partial charge is 0.313 e. The van der Waals surface area contributed by atoms with Crippen LogP contribution in [0, 0.1) is 0 Å². The van der Waals surface area contributed by atoms with Crippen molar-refractivity contribution in [2.45, 2.75) is 31.8 Å². The van der Waals surface area contributed by atoms with Crippen LogP contribution in [-0.2, 0) is 23.1 Å². The summed E-state index contributed by atoms with van der Waals surface area (Å²) in [4.78, 5) is 0.287. The molecule has 21 heavy (non-hydrogen) atoms. The maximum Gasteiger partial charge on any atom is 0.262 e. The van der Waals surface area contributed by atoms with Crippen molar-refractivity contribution in [1.82, 2.24) is 15.1 Å². The van der Waals surface area contributed by atoms with Gasteiger partial charge in [-0.2, -0.15) is 5.10 Å². The molecule has 0 unspecified atom stereocenters. The predicted octanol–water partition coefficient (Wildman–Crippen LogP) is 1.81. The molecule has 0 radical (unpaired) electrons. The Kier molecular flexibility index (Phi) is 4.98. The summed E-state index contributed by atoms with van der Waals surface area (Å²) in [5, 5.41) is 7.21. The molecule has 0 atom stereocenters. The first kappa shape index (κ1) is 15.5. The molecule has 0 bridgehead atoms. The van der Waals surface area contributed by atoms with Gasteiger partial charge >= 0.3 is 0 Å². The van der Waals surface area contributed by atoms with Gasteiger partial charge < -0.3 is 5.32 Å². The minimum atomic E-state index is -3.61. The molecule has 1 aromatic carbocycles. The van der Waals surface area contributed by atoms with Crippen LogP contribution in [0.3, 0.4) is 0 Å². The lowest BCUT2D eigenvalue weighted by Gasteiger charge is -2.11. The zero-order valence-corrected chi connectivity index (χ0v) is 13.0. The number of rotatable bonds is 7. The minimum absolute atomic E-state index is 0.287. The minimum Gasteiger partial charge on any atom is -0.313 e. The van der Waals surface area contributed by atoms with Crippen LogP contribution in [0.5, 0.6) is 0 Å². The fourth-order valence-corrected chi connectivity index (χ4v) is 3.24. The van der Waals surface area contributed by atoms with Crippen molar-refractivity contribution in [2.24, 2.45) is 0 Å². The molecule has 0 spiro atoms. The van der Waals surface area contributed by atoms with Crippen LogP contribution in [0.4, 0.5) is 5.69 Å². The van der Waals surface area contributed by atoms with Crippen LogP contribution in [0.2, 0.25) is 0 Å². The molecule has 2 rings (SSSR count). The number of benzene rings is 1. The number of nitrogens with one attached hydrogen (secondary N) is 2. The fourth-order valence-electron chi connectivity index (χ4n) is 1.97. The van der Waals surface area contributed by atoms with Gasteiger partial charge in [-0.15, -0.1) is 0 Å². The van der Waals surface area contributed by atoms with Gasteiger partial charge in [0.25, 0.3) is 10.0 Å². The van der Waals surface area contributed by atoms with Crippen LogP contribution in [0.1, 0.15) is 19.4 Å². The van der Waals surface area contributed by atoms with Gasteiger partial charge in [-0.05, 0) is 25.1 Å². The summed E-state index contributed by atoms with van der Waals surface area (Å²) in [5.41, 5.74) is 1.21. The summed E-state index contributed by atoms with van der Waals surface area (Å²) in [7, 11) is -3.61. The van der Waals surface area contributed by atoms with Gasteiger partial charge in [0.15, 0.2) is 0 Å². The van der Waals surface area contributed by atoms with E-state index in [1.165, 1.54) is 6.20 Å². The number of aryl methyl sites for hydroxylation is 1. The highest BCUT2D eigenvalue weighted by Gasteiger charge is 2.18. The number of aromatic nitrogens is 2. The molecule has 1 aromatic heterocycles. The third-order valence-corrected chi connectivity index (χ3v) is 4.52. The van der Waals surface area contributed by atoms with Gasteiger partial charge in [-0.25, -0.2) is 8.42 Å². The molecule has 7 heteroatoms. The second-order valence-electron chi connectivity index (χ2n) is 4.58. The van der Waals surface area contributed by atoms with E-state index in [1.54, 1.807) is 23.0 Å². The summed E-state index contributed by atoms with van der Waals surface area (Å²) >= 11 is 0. The van der Waals surface area contributed by atoms with Gasteiger partial charge in [0.2, 0.25) is 0 Å². The van der Waals surface area contributed by atoms with E-state index in [0.717, 1.165) is 12.1 Å². The molecular formula is C14H20N4O2S. The normalized spacial score (nSPS) is 11.5. The van der Waals surface area contributed by atoms with Gasteiger partial charge in [0, 0.05) is 19.3 Å². The lowest BCUT2D eigenvalue weighted by atomic mass is 10.2. The smallest absolute Gasteiger partial charge is 0.262 e. The van der Waals surface area contributed by atoms with Gasteiger partial charge in [-0.3, -0.25) is 9.40 Å². The average molecular weight is 308 g/mol. The van der Waals surface area contributed by atoms with Crippen LogP contribution in [-0.4, -0.2) is 24.7 Å². The highest BCUT2D eigenvalue weighted by molar-refractivity contribution is 7.92. The third-order valence-electron chi connectivity index (χ3n) is 3.04. The predicted molar refractivity (Wildman–Crippen MR) is 82.5 cm³/mol. The van der Waals surface area contributed by atoms with E-state index < -0.39 is 10.0 Å². The van der Waals surface area contributed by atoms with E-state index in [9.17, 15) is 8.42 Å². The number of sulfonamides is 1. The van der Waals surface area contributed by atoms with E-state index in [4.69, 9.17) is 0 Å². The number of hydrogen-bond donors (Lipinski definition) is 2. The molecule has 2 aromatic rings. The van der Waals surface area contributed by atoms with Crippen molar-refractivity contribution < 1.29 is 8.42 Å². The molecule has 6 nitrogen and oxygen atoms in total. The van der Waals surface area contributed by atoms with Gasteiger partial charge in [0.1, 0.15) is 0 Å². The monoisotopic (exact) mass is 308 g/mol. The van der Waals surface area contributed by atoms with E-state index in [2.05, 4.69) is 15.1 Å². The van der Waals surface area contributed by atoms with Gasteiger partial charge in [-0.1, -0.05) is 25.1 Å². The maximum atomic E-state index is 12.5. The van der Waals surface area contributed by atoms with Crippen LogP contribution in [0.15, 0.2) is 41.6 Å². The SMILES string of the molecule is CCNCc1ccccc1S(=O)(=O)Nc1cnn(CC)c1. The summed E-state index contributed by atoms with van der Waals surface area (Å²) in [6.07, 6.45) is 3.18. The van der Waals surface area contributed by atoms with Crippen molar-refractivity contribution in [3.05, 3.63) is 42.2 Å². The summed E-state index contributed by atoms with van der Waals surface area (Å²) in [5.74, 6) is 0. The molecule has 0 saturated carbocycles. The molecule has 0 aliphatic rings. The molecule has 1 heterocycles. The number of hydrogen-bond acceptors (Lipinski definition) is 4. The van der Waals surface area contributed by atoms with Crippen LogP contribution in [0.25, 0.3) is 0 Å². The zero-order chi connectivity index (χ0) is 15.3.